The first-order valence-electron chi connectivity index (χ1n) is 7.29. The van der Waals surface area contributed by atoms with Crippen molar-refractivity contribution >= 4 is 11.9 Å². The number of likely N-dealkylation sites (N-methyl/N-ethyl adjacent to an activating group) is 1. The van der Waals surface area contributed by atoms with E-state index in [1.54, 1.807) is 7.05 Å². The molecule has 0 bridgehead atoms. The van der Waals surface area contributed by atoms with Gasteiger partial charge in [-0.1, -0.05) is 12.8 Å². The molecule has 0 aromatic carbocycles. The number of carbonyl (C=O) groups excluding carboxylic acids is 2. The molecule has 0 aromatic heterocycles. The van der Waals surface area contributed by atoms with Crippen LogP contribution in [0.3, 0.4) is 0 Å². The number of urea groups is 1. The van der Waals surface area contributed by atoms with Gasteiger partial charge in [-0.15, -0.1) is 0 Å². The summed E-state index contributed by atoms with van der Waals surface area (Å²) in [5, 5.41) is 9.96. The van der Waals surface area contributed by atoms with Crippen molar-refractivity contribution in [2.45, 2.75) is 57.1 Å². The molecule has 0 aromatic rings. The molecule has 1 heterocycles. The van der Waals surface area contributed by atoms with Gasteiger partial charge in [0.05, 0.1) is 6.10 Å². The van der Waals surface area contributed by atoms with Crippen molar-refractivity contribution in [2.75, 3.05) is 13.6 Å². The van der Waals surface area contributed by atoms with Crippen molar-refractivity contribution < 1.29 is 14.7 Å². The Bertz CT molecular complexity index is 403. The van der Waals surface area contributed by atoms with Gasteiger partial charge in [0.15, 0.2) is 0 Å². The summed E-state index contributed by atoms with van der Waals surface area (Å²) in [6.07, 6.45) is 6.48. The average molecular weight is 266 g/mol. The summed E-state index contributed by atoms with van der Waals surface area (Å²) in [4.78, 5) is 27.3. The molecule has 5 nitrogen and oxygen atoms in total. The Morgan fingerprint density at radius 2 is 1.89 bits per heavy atom. The maximum atomic E-state index is 12.2. The molecule has 3 fully saturated rings. The third-order valence-electron chi connectivity index (χ3n) is 5.26. The molecule has 1 spiro atoms. The maximum Gasteiger partial charge on any atom is 0.327 e. The van der Waals surface area contributed by atoms with Crippen LogP contribution < -0.4 is 0 Å². The Morgan fingerprint density at radius 1 is 1.21 bits per heavy atom. The van der Waals surface area contributed by atoms with Gasteiger partial charge in [-0.25, -0.2) is 4.79 Å². The van der Waals surface area contributed by atoms with Gasteiger partial charge in [0.25, 0.3) is 5.91 Å². The molecule has 2 aliphatic carbocycles. The summed E-state index contributed by atoms with van der Waals surface area (Å²) in [5.41, 5.74) is 0.0791. The van der Waals surface area contributed by atoms with Crippen LogP contribution in [-0.4, -0.2) is 52.6 Å². The predicted octanol–water partition coefficient (Wildman–Crippen LogP) is 1.35. The Morgan fingerprint density at radius 3 is 2.47 bits per heavy atom. The lowest BCUT2D eigenvalue weighted by atomic mass is 9.67. The molecule has 1 aliphatic heterocycles. The zero-order valence-corrected chi connectivity index (χ0v) is 11.5. The van der Waals surface area contributed by atoms with E-state index in [4.69, 9.17) is 0 Å². The summed E-state index contributed by atoms with van der Waals surface area (Å²) >= 11 is 0. The number of amides is 3. The minimum absolute atomic E-state index is 0.0791. The van der Waals surface area contributed by atoms with Crippen LogP contribution in [0.4, 0.5) is 4.79 Å². The predicted molar refractivity (Wildman–Crippen MR) is 69.4 cm³/mol. The lowest BCUT2D eigenvalue weighted by Gasteiger charge is -2.46. The highest BCUT2D eigenvalue weighted by atomic mass is 16.3. The van der Waals surface area contributed by atoms with E-state index in [0.29, 0.717) is 6.42 Å². The minimum Gasteiger partial charge on any atom is -0.393 e. The summed E-state index contributed by atoms with van der Waals surface area (Å²) in [6, 6.07) is -0.279. The van der Waals surface area contributed by atoms with Gasteiger partial charge in [0.2, 0.25) is 0 Å². The Kier molecular flexibility index (Phi) is 3.04. The SMILES string of the molecule is CN1CC(=O)N(C2CC(O)CCC23CCCC3)C1=O. The highest BCUT2D eigenvalue weighted by Crippen LogP contribution is 2.51. The largest absolute Gasteiger partial charge is 0.393 e. The van der Waals surface area contributed by atoms with Crippen LogP contribution in [0.1, 0.15) is 44.9 Å². The van der Waals surface area contributed by atoms with Gasteiger partial charge in [-0.3, -0.25) is 9.69 Å². The fourth-order valence-electron chi connectivity index (χ4n) is 4.23. The van der Waals surface area contributed by atoms with Crippen molar-refractivity contribution in [3.05, 3.63) is 0 Å². The highest BCUT2D eigenvalue weighted by molar-refractivity contribution is 6.02. The van der Waals surface area contributed by atoms with Crippen LogP contribution in [0.25, 0.3) is 0 Å². The Hall–Kier alpha value is -1.10. The first-order valence-corrected chi connectivity index (χ1v) is 7.29. The van der Waals surface area contributed by atoms with Crippen LogP contribution in [0.15, 0.2) is 0 Å². The van der Waals surface area contributed by atoms with Crippen molar-refractivity contribution in [1.29, 1.82) is 0 Å². The standard InChI is InChI=1S/C14H22N2O3/c1-15-9-12(18)16(13(15)19)11-8-10(17)4-7-14(11)5-2-3-6-14/h10-11,17H,2-9H2,1H3. The number of aliphatic hydroxyl groups is 1. The molecular weight excluding hydrogens is 244 g/mol. The van der Waals surface area contributed by atoms with Crippen LogP contribution in [0, 0.1) is 5.41 Å². The normalized spacial score (nSPS) is 34.6. The quantitative estimate of drug-likeness (QED) is 0.729. The van der Waals surface area contributed by atoms with Gasteiger partial charge in [-0.05, 0) is 37.5 Å². The number of nitrogens with zero attached hydrogens (tertiary/aromatic N) is 2. The summed E-state index contributed by atoms with van der Waals surface area (Å²) in [7, 11) is 1.67. The summed E-state index contributed by atoms with van der Waals surface area (Å²) < 4.78 is 0. The van der Waals surface area contributed by atoms with Crippen LogP contribution >= 0.6 is 0 Å². The first kappa shape index (κ1) is 12.9. The van der Waals surface area contributed by atoms with Gasteiger partial charge in [-0.2, -0.15) is 0 Å². The molecule has 19 heavy (non-hydrogen) atoms. The lowest BCUT2D eigenvalue weighted by Crippen LogP contribution is -2.54. The van der Waals surface area contributed by atoms with Crippen LogP contribution in [-0.2, 0) is 4.79 Å². The first-order chi connectivity index (χ1) is 9.03. The van der Waals surface area contributed by atoms with E-state index >= 15 is 0 Å². The second kappa shape index (κ2) is 4.47. The van der Waals surface area contributed by atoms with Gasteiger partial charge in [0, 0.05) is 13.1 Å². The van der Waals surface area contributed by atoms with Crippen molar-refractivity contribution in [2.24, 2.45) is 5.41 Å². The molecule has 106 valence electrons. The van der Waals surface area contributed by atoms with Crippen LogP contribution in [0.2, 0.25) is 0 Å². The fourth-order valence-corrected chi connectivity index (χ4v) is 4.23. The molecule has 3 rings (SSSR count). The lowest BCUT2D eigenvalue weighted by molar-refractivity contribution is -0.131. The molecule has 0 radical (unpaired) electrons. The van der Waals surface area contributed by atoms with E-state index in [-0.39, 0.29) is 36.0 Å². The van der Waals surface area contributed by atoms with E-state index in [1.807, 2.05) is 0 Å². The summed E-state index contributed by atoms with van der Waals surface area (Å²) in [6.45, 7) is 0.182. The van der Waals surface area contributed by atoms with Crippen molar-refractivity contribution in [3.63, 3.8) is 0 Å². The number of hydrogen-bond acceptors (Lipinski definition) is 3. The number of rotatable bonds is 1. The van der Waals surface area contributed by atoms with E-state index in [0.717, 1.165) is 25.7 Å². The second-order valence-corrected chi connectivity index (χ2v) is 6.42. The number of carbonyl (C=O) groups is 2. The number of imide groups is 1. The topological polar surface area (TPSA) is 60.9 Å². The molecule has 2 unspecified atom stereocenters. The molecule has 3 aliphatic rings. The summed E-state index contributed by atoms with van der Waals surface area (Å²) in [5.74, 6) is -0.0992. The fraction of sp³-hybridized carbons (Fsp3) is 0.857. The molecule has 5 heteroatoms. The maximum absolute atomic E-state index is 12.2. The minimum atomic E-state index is -0.372. The zero-order chi connectivity index (χ0) is 13.6. The van der Waals surface area contributed by atoms with E-state index < -0.39 is 0 Å². The molecule has 1 N–H and O–H groups in total. The smallest absolute Gasteiger partial charge is 0.327 e. The molecule has 2 saturated carbocycles. The Labute approximate surface area is 113 Å². The molecule has 3 amide bonds. The Balaban J connectivity index is 1.91. The van der Waals surface area contributed by atoms with E-state index in [9.17, 15) is 14.7 Å². The van der Waals surface area contributed by atoms with Crippen molar-refractivity contribution in [1.82, 2.24) is 9.80 Å². The van der Waals surface area contributed by atoms with Crippen LogP contribution in [0.5, 0.6) is 0 Å². The molecule has 1 saturated heterocycles. The zero-order valence-electron chi connectivity index (χ0n) is 11.5. The number of aliphatic hydroxyl groups excluding tert-OH is 1. The van der Waals surface area contributed by atoms with Gasteiger partial charge < -0.3 is 10.0 Å². The third kappa shape index (κ3) is 1.95. The number of hydrogen-bond donors (Lipinski definition) is 1. The second-order valence-electron chi connectivity index (χ2n) is 6.42. The van der Waals surface area contributed by atoms with Gasteiger partial charge >= 0.3 is 6.03 Å². The highest BCUT2D eigenvalue weighted by Gasteiger charge is 2.52. The monoisotopic (exact) mass is 266 g/mol. The van der Waals surface area contributed by atoms with Crippen molar-refractivity contribution in [3.8, 4) is 0 Å². The van der Waals surface area contributed by atoms with E-state index in [2.05, 4.69) is 0 Å². The third-order valence-corrected chi connectivity index (χ3v) is 5.26. The molecular formula is C14H22N2O3. The van der Waals surface area contributed by atoms with E-state index in [1.165, 1.54) is 22.6 Å². The van der Waals surface area contributed by atoms with Gasteiger partial charge in [0.1, 0.15) is 6.54 Å². The molecule has 2 atom stereocenters. The average Bonchev–Trinajstić information content (AvgIpc) is 2.92.